The van der Waals surface area contributed by atoms with Gasteiger partial charge in [0.15, 0.2) is 12.4 Å². The number of hydrogen-bond donors (Lipinski definition) is 0. The van der Waals surface area contributed by atoms with Gasteiger partial charge in [-0.1, -0.05) is 100 Å². The van der Waals surface area contributed by atoms with E-state index in [0.29, 0.717) is 5.56 Å². The Morgan fingerprint density at radius 3 is 2.25 bits per heavy atom. The lowest BCUT2D eigenvalue weighted by Crippen LogP contribution is -2.53. The summed E-state index contributed by atoms with van der Waals surface area (Å²) in [7, 11) is -1.49. The number of fused-ring (bicyclic) bond motifs is 13. The van der Waals surface area contributed by atoms with Crippen molar-refractivity contribution in [3.8, 4) is 39.7 Å². The highest BCUT2D eigenvalue weighted by atomic mass is 28.3. The van der Waals surface area contributed by atoms with Crippen LogP contribution in [0.5, 0.6) is 0 Å². The van der Waals surface area contributed by atoms with E-state index in [1.54, 1.807) is 0 Å². The zero-order valence-electron chi connectivity index (χ0n) is 31.5. The van der Waals surface area contributed by atoms with Gasteiger partial charge >= 0.3 is 0 Å². The first-order chi connectivity index (χ1) is 25.4. The van der Waals surface area contributed by atoms with Gasteiger partial charge < -0.3 is 4.42 Å². The Morgan fingerprint density at radius 1 is 0.792 bits per heavy atom. The van der Waals surface area contributed by atoms with Gasteiger partial charge in [-0.05, 0) is 71.9 Å². The molecule has 4 nitrogen and oxygen atoms in total. The fraction of sp³-hybridized carbons (Fsp3) is 0.229. The normalized spacial score (nSPS) is 16.7. The van der Waals surface area contributed by atoms with Crippen LogP contribution in [0.1, 0.15) is 61.4 Å². The number of nitrogens with zero attached hydrogens (tertiary/aromatic N) is 3. The number of furan rings is 1. The lowest BCUT2D eigenvalue weighted by atomic mass is 9.78. The third-order valence-corrected chi connectivity index (χ3v) is 13.8. The Kier molecular flexibility index (Phi) is 7.52. The smallest absolute Gasteiger partial charge is 0.249 e. The van der Waals surface area contributed by atoms with Crippen molar-refractivity contribution in [1.82, 2.24) is 0 Å². The van der Waals surface area contributed by atoms with Crippen LogP contribution in [0.2, 0.25) is 19.6 Å². The lowest BCUT2D eigenvalue weighted by Gasteiger charge is -2.30. The van der Waals surface area contributed by atoms with Crippen molar-refractivity contribution in [1.29, 1.82) is 5.26 Å². The molecule has 5 heterocycles. The molecular formula is C48H45N3OSi+2. The van der Waals surface area contributed by atoms with Crippen LogP contribution in [0.25, 0.3) is 61.3 Å². The van der Waals surface area contributed by atoms with Crippen molar-refractivity contribution >= 4 is 40.9 Å². The minimum Gasteiger partial charge on any atom is -0.454 e. The van der Waals surface area contributed by atoms with Gasteiger partial charge in [0.05, 0.1) is 31.2 Å². The van der Waals surface area contributed by atoms with Crippen LogP contribution in [-0.4, -0.2) is 8.07 Å². The molecule has 0 radical (unpaired) electrons. The maximum Gasteiger partial charge on any atom is 0.249 e. The molecule has 0 fully saturated rings. The van der Waals surface area contributed by atoms with Crippen LogP contribution in [-0.2, 0) is 11.8 Å². The second-order valence-corrected chi connectivity index (χ2v) is 22.0. The molecule has 2 unspecified atom stereocenters. The van der Waals surface area contributed by atoms with Gasteiger partial charge in [-0.2, -0.15) is 14.4 Å². The molecule has 0 amide bonds. The summed E-state index contributed by atoms with van der Waals surface area (Å²) in [4.78, 5) is 0. The van der Waals surface area contributed by atoms with E-state index in [9.17, 15) is 5.26 Å². The van der Waals surface area contributed by atoms with Crippen molar-refractivity contribution in [2.75, 3.05) is 0 Å². The third kappa shape index (κ3) is 5.23. The van der Waals surface area contributed by atoms with E-state index >= 15 is 0 Å². The monoisotopic (exact) mass is 707 g/mol. The molecular weight excluding hydrogens is 663 g/mol. The fourth-order valence-electron chi connectivity index (χ4n) is 8.84. The predicted octanol–water partition coefficient (Wildman–Crippen LogP) is 10.6. The number of allylic oxidation sites excluding steroid dienone is 1. The first kappa shape index (κ1) is 33.3. The highest BCUT2D eigenvalue weighted by Gasteiger charge is 2.47. The van der Waals surface area contributed by atoms with Gasteiger partial charge in [-0.25, -0.2) is 0 Å². The maximum absolute atomic E-state index is 10.4. The van der Waals surface area contributed by atoms with Gasteiger partial charge in [0.2, 0.25) is 23.1 Å². The van der Waals surface area contributed by atoms with Gasteiger partial charge in [0.25, 0.3) is 0 Å². The van der Waals surface area contributed by atoms with E-state index in [1.165, 1.54) is 33.1 Å². The van der Waals surface area contributed by atoms with Crippen molar-refractivity contribution < 1.29 is 13.6 Å². The molecule has 53 heavy (non-hydrogen) atoms. The average molecular weight is 708 g/mol. The molecule has 0 bridgehead atoms. The van der Waals surface area contributed by atoms with Gasteiger partial charge in [-0.15, -0.1) is 0 Å². The number of benzene rings is 4. The Balaban J connectivity index is 1.29. The topological polar surface area (TPSA) is 44.7 Å². The molecule has 0 saturated heterocycles. The Labute approximate surface area is 313 Å². The van der Waals surface area contributed by atoms with Crippen LogP contribution >= 0.6 is 0 Å². The molecule has 2 aliphatic rings. The number of rotatable bonds is 2. The number of aromatic nitrogens is 2. The summed E-state index contributed by atoms with van der Waals surface area (Å²) in [5.41, 5.74) is 13.8. The molecule has 2 aliphatic heterocycles. The van der Waals surface area contributed by atoms with Crippen molar-refractivity contribution in [3.05, 3.63) is 144 Å². The van der Waals surface area contributed by atoms with Crippen molar-refractivity contribution in [2.24, 2.45) is 0 Å². The summed E-state index contributed by atoms with van der Waals surface area (Å²) in [5.74, 6) is 0.216. The molecule has 5 heteroatoms. The van der Waals surface area contributed by atoms with E-state index in [1.807, 2.05) is 6.07 Å². The number of pyridine rings is 2. The summed E-state index contributed by atoms with van der Waals surface area (Å²) in [5, 5.41) is 13.8. The minimum absolute atomic E-state index is 0.00311. The molecule has 260 valence electrons. The van der Waals surface area contributed by atoms with Crippen LogP contribution < -0.4 is 14.3 Å². The van der Waals surface area contributed by atoms with E-state index in [0.717, 1.165) is 62.9 Å². The molecule has 2 atom stereocenters. The predicted molar refractivity (Wildman–Crippen MR) is 219 cm³/mol. The second kappa shape index (κ2) is 12.0. The van der Waals surface area contributed by atoms with E-state index in [-0.39, 0.29) is 17.4 Å². The van der Waals surface area contributed by atoms with Crippen molar-refractivity contribution in [2.45, 2.75) is 70.6 Å². The van der Waals surface area contributed by atoms with Gasteiger partial charge in [0, 0.05) is 45.7 Å². The summed E-state index contributed by atoms with van der Waals surface area (Å²) < 4.78 is 11.9. The second-order valence-electron chi connectivity index (χ2n) is 17.0. The van der Waals surface area contributed by atoms with E-state index in [2.05, 4.69) is 165 Å². The maximum atomic E-state index is 10.4. The summed E-state index contributed by atoms with van der Waals surface area (Å²) in [6, 6.07) is 39.8. The quantitative estimate of drug-likeness (QED) is 0.133. The minimum atomic E-state index is -1.49. The number of hydrogen-bond acceptors (Lipinski definition) is 2. The van der Waals surface area contributed by atoms with Crippen LogP contribution in [0, 0.1) is 11.3 Å². The zero-order chi connectivity index (χ0) is 36.8. The summed E-state index contributed by atoms with van der Waals surface area (Å²) >= 11 is 0. The molecule has 0 saturated carbocycles. The zero-order valence-corrected chi connectivity index (χ0v) is 32.5. The average Bonchev–Trinajstić information content (AvgIpc) is 3.55. The molecule has 0 spiro atoms. The Morgan fingerprint density at radius 2 is 1.51 bits per heavy atom. The van der Waals surface area contributed by atoms with Crippen LogP contribution in [0.15, 0.2) is 127 Å². The summed E-state index contributed by atoms with van der Waals surface area (Å²) in [6.45, 7) is 18.9. The first-order valence-corrected chi connectivity index (χ1v) is 22.3. The summed E-state index contributed by atoms with van der Waals surface area (Å²) in [6.07, 6.45) is 6.38. The Bertz CT molecular complexity index is 2680. The van der Waals surface area contributed by atoms with Gasteiger partial charge in [0.1, 0.15) is 11.2 Å². The SMILES string of the molecule is C=C1C2C(CCc3ccc4c(oc5c(-c6ccc([Si](C)(C)C)cc6)c(C#N)ccc54)c3-c3cccc[n+]31)c1ccccc1-c1ccc(C(C)(C)C)c[n+]12. The highest BCUT2D eigenvalue weighted by Crippen LogP contribution is 2.47. The molecule has 0 aliphatic carbocycles. The molecule has 4 aromatic carbocycles. The number of aryl methyl sites for hydroxylation is 1. The Hall–Kier alpha value is -5.57. The molecule has 0 N–H and O–H groups in total. The lowest BCUT2D eigenvalue weighted by molar-refractivity contribution is -0.727. The van der Waals surface area contributed by atoms with E-state index in [4.69, 9.17) is 11.0 Å². The van der Waals surface area contributed by atoms with Crippen molar-refractivity contribution in [3.63, 3.8) is 0 Å². The molecule has 3 aromatic heterocycles. The first-order valence-electron chi connectivity index (χ1n) is 18.8. The third-order valence-electron chi connectivity index (χ3n) is 11.7. The highest BCUT2D eigenvalue weighted by molar-refractivity contribution is 6.88. The standard InChI is InChI=1S/C48H45N3OSi/c1-30-45-38(36-12-8-9-13-37(36)41-26-20-34(29-51(41)45)48(2,3)4)23-17-32-18-24-40-39-25-19-33(28-49)43(31-15-21-35(22-16-31)53(5,6)7)46(39)52-47(40)44(32)42-14-10-11-27-50(30)42/h8-16,18-22,24-27,29,38,45H,1,17,23H2,2-7H3/q+2. The van der Waals surface area contributed by atoms with Crippen LogP contribution in [0.4, 0.5) is 0 Å². The number of nitriles is 1. The fourth-order valence-corrected chi connectivity index (χ4v) is 10.0. The molecule has 9 rings (SSSR count). The largest absolute Gasteiger partial charge is 0.454 e. The molecule has 7 aromatic rings. The van der Waals surface area contributed by atoms with Gasteiger partial charge in [-0.3, -0.25) is 0 Å². The van der Waals surface area contributed by atoms with E-state index < -0.39 is 8.07 Å². The van der Waals surface area contributed by atoms with Crippen LogP contribution in [0.3, 0.4) is 0 Å².